The first-order valence-corrected chi connectivity index (χ1v) is 11.2. The second-order valence-corrected chi connectivity index (χ2v) is 8.52. The van der Waals surface area contributed by atoms with Gasteiger partial charge >= 0.3 is 11.9 Å². The molecule has 0 saturated carbocycles. The Bertz CT molecular complexity index is 1100. The molecule has 0 atom stereocenters. The molecule has 3 rings (SSSR count). The number of benzene rings is 1. The summed E-state index contributed by atoms with van der Waals surface area (Å²) in [5.41, 5.74) is 1.03. The lowest BCUT2D eigenvalue weighted by atomic mass is 10.1. The molecule has 162 valence electrons. The number of rotatable bonds is 10. The fraction of sp³-hybridized carbons (Fsp3) is 0.261. The van der Waals surface area contributed by atoms with Crippen LogP contribution < -0.4 is 0 Å². The molecule has 2 N–H and O–H groups in total. The van der Waals surface area contributed by atoms with Gasteiger partial charge in [-0.15, -0.1) is 11.3 Å². The minimum absolute atomic E-state index is 0.104. The van der Waals surface area contributed by atoms with Crippen LogP contribution in [0.3, 0.4) is 0 Å². The highest BCUT2D eigenvalue weighted by Crippen LogP contribution is 2.24. The second kappa shape index (κ2) is 10.4. The van der Waals surface area contributed by atoms with E-state index in [-0.39, 0.29) is 23.4 Å². The third kappa shape index (κ3) is 5.62. The highest BCUT2D eigenvalue weighted by molar-refractivity contribution is 7.09. The number of nitrogens with zero attached hydrogens (tertiary/aromatic N) is 2. The lowest BCUT2D eigenvalue weighted by Gasteiger charge is -2.12. The van der Waals surface area contributed by atoms with Crippen molar-refractivity contribution in [3.8, 4) is 0 Å². The predicted molar refractivity (Wildman–Crippen MR) is 122 cm³/mol. The summed E-state index contributed by atoms with van der Waals surface area (Å²) in [6.07, 6.45) is 3.98. The normalized spacial score (nSPS) is 11.6. The predicted octanol–water partition coefficient (Wildman–Crippen LogP) is 5.40. The summed E-state index contributed by atoms with van der Waals surface area (Å²) in [6.45, 7) is 2.35. The third-order valence-electron chi connectivity index (χ3n) is 4.86. The van der Waals surface area contributed by atoms with Gasteiger partial charge in [0.25, 0.3) is 0 Å². The first kappa shape index (κ1) is 22.8. The molecule has 0 radical (unpaired) electrons. The van der Waals surface area contributed by atoms with Crippen LogP contribution in [-0.4, -0.2) is 31.7 Å². The van der Waals surface area contributed by atoms with E-state index in [1.165, 1.54) is 17.4 Å². The Morgan fingerprint density at radius 2 is 1.97 bits per heavy atom. The van der Waals surface area contributed by atoms with E-state index in [9.17, 15) is 19.8 Å². The molecule has 0 aliphatic heterocycles. The number of hydrogen-bond acceptors (Lipinski definition) is 4. The summed E-state index contributed by atoms with van der Waals surface area (Å²) in [4.78, 5) is 29.2. The van der Waals surface area contributed by atoms with Gasteiger partial charge in [0.1, 0.15) is 5.82 Å². The lowest BCUT2D eigenvalue weighted by Crippen LogP contribution is -2.10. The van der Waals surface area contributed by atoms with Crippen molar-refractivity contribution < 1.29 is 19.8 Å². The number of aromatic carboxylic acids is 1. The number of carbonyl (C=O) groups is 2. The number of aryl methyl sites for hydroxylation is 1. The fourth-order valence-corrected chi connectivity index (χ4v) is 4.19. The van der Waals surface area contributed by atoms with E-state index in [1.807, 2.05) is 42.6 Å². The SMILES string of the molecule is CCCCc1nc(C(=O)O)c(/C=C(\Cc2cccs2)C(=O)O)n1Cc1ccccc1Cl. The van der Waals surface area contributed by atoms with Crippen LogP contribution in [0.1, 0.15) is 52.2 Å². The van der Waals surface area contributed by atoms with E-state index in [2.05, 4.69) is 4.98 Å². The van der Waals surface area contributed by atoms with Crippen LogP contribution in [0.2, 0.25) is 5.02 Å². The number of aliphatic carboxylic acids is 1. The summed E-state index contributed by atoms with van der Waals surface area (Å²) in [5.74, 6) is -1.68. The first-order valence-electron chi connectivity index (χ1n) is 9.93. The van der Waals surface area contributed by atoms with Gasteiger partial charge < -0.3 is 14.8 Å². The molecule has 6 nitrogen and oxygen atoms in total. The quantitative estimate of drug-likeness (QED) is 0.397. The Morgan fingerprint density at radius 1 is 1.19 bits per heavy atom. The Hall–Kier alpha value is -2.90. The summed E-state index contributed by atoms with van der Waals surface area (Å²) >= 11 is 7.80. The number of hydrogen-bond donors (Lipinski definition) is 2. The van der Waals surface area contributed by atoms with E-state index in [0.717, 1.165) is 23.3 Å². The van der Waals surface area contributed by atoms with Crippen LogP contribution in [0.25, 0.3) is 6.08 Å². The Labute approximate surface area is 189 Å². The van der Waals surface area contributed by atoms with Gasteiger partial charge in [0.15, 0.2) is 5.69 Å². The first-order chi connectivity index (χ1) is 14.9. The molecule has 8 heteroatoms. The molecule has 0 bridgehead atoms. The molecule has 2 heterocycles. The number of thiophene rings is 1. The van der Waals surface area contributed by atoms with E-state index in [0.29, 0.717) is 23.8 Å². The fourth-order valence-electron chi connectivity index (χ4n) is 3.27. The maximum atomic E-state index is 12.0. The topological polar surface area (TPSA) is 92.4 Å². The maximum Gasteiger partial charge on any atom is 0.356 e. The van der Waals surface area contributed by atoms with Crippen molar-refractivity contribution in [2.24, 2.45) is 0 Å². The van der Waals surface area contributed by atoms with Crippen LogP contribution in [0.5, 0.6) is 0 Å². The summed E-state index contributed by atoms with van der Waals surface area (Å²) in [6, 6.07) is 11.0. The smallest absolute Gasteiger partial charge is 0.356 e. The van der Waals surface area contributed by atoms with E-state index in [4.69, 9.17) is 11.6 Å². The molecule has 3 aromatic rings. The summed E-state index contributed by atoms with van der Waals surface area (Å²) in [5, 5.41) is 22.0. The van der Waals surface area contributed by atoms with Gasteiger partial charge in [-0.2, -0.15) is 0 Å². The number of aromatic nitrogens is 2. The van der Waals surface area contributed by atoms with Crippen molar-refractivity contribution in [2.45, 2.75) is 39.2 Å². The number of carboxylic acids is 2. The Morgan fingerprint density at radius 3 is 2.58 bits per heavy atom. The van der Waals surface area contributed by atoms with Crippen LogP contribution in [0.15, 0.2) is 47.4 Å². The van der Waals surface area contributed by atoms with Gasteiger partial charge in [0.05, 0.1) is 12.2 Å². The molecule has 0 amide bonds. The molecule has 0 aliphatic carbocycles. The van der Waals surface area contributed by atoms with E-state index >= 15 is 0 Å². The van der Waals surface area contributed by atoms with Gasteiger partial charge in [0, 0.05) is 28.3 Å². The zero-order valence-electron chi connectivity index (χ0n) is 17.0. The maximum absolute atomic E-state index is 12.0. The Kier molecular flexibility index (Phi) is 7.65. The average molecular weight is 459 g/mol. The van der Waals surface area contributed by atoms with Crippen LogP contribution >= 0.6 is 22.9 Å². The van der Waals surface area contributed by atoms with Crippen molar-refractivity contribution in [1.82, 2.24) is 9.55 Å². The van der Waals surface area contributed by atoms with Crippen molar-refractivity contribution in [1.29, 1.82) is 0 Å². The molecular weight excluding hydrogens is 436 g/mol. The average Bonchev–Trinajstić information content (AvgIpc) is 3.36. The molecule has 31 heavy (non-hydrogen) atoms. The molecule has 0 saturated heterocycles. The monoisotopic (exact) mass is 458 g/mol. The largest absolute Gasteiger partial charge is 0.478 e. The van der Waals surface area contributed by atoms with Crippen LogP contribution in [-0.2, 0) is 24.2 Å². The second-order valence-electron chi connectivity index (χ2n) is 7.08. The van der Waals surface area contributed by atoms with Crippen molar-refractivity contribution >= 4 is 41.0 Å². The molecular formula is C23H23ClN2O4S. The van der Waals surface area contributed by atoms with E-state index in [1.54, 1.807) is 10.6 Å². The minimum Gasteiger partial charge on any atom is -0.478 e. The highest BCUT2D eigenvalue weighted by atomic mass is 35.5. The molecule has 1 aromatic carbocycles. The van der Waals surface area contributed by atoms with Gasteiger partial charge in [-0.3, -0.25) is 0 Å². The minimum atomic E-state index is -1.19. The van der Waals surface area contributed by atoms with Crippen LogP contribution in [0, 0.1) is 0 Å². The van der Waals surface area contributed by atoms with Gasteiger partial charge in [-0.1, -0.05) is 49.2 Å². The van der Waals surface area contributed by atoms with E-state index < -0.39 is 11.9 Å². The molecule has 0 spiro atoms. The van der Waals surface area contributed by atoms with Gasteiger partial charge in [0.2, 0.25) is 0 Å². The lowest BCUT2D eigenvalue weighted by molar-refractivity contribution is -0.132. The molecule has 0 unspecified atom stereocenters. The number of unbranched alkanes of at least 4 members (excludes halogenated alkanes) is 1. The number of halogens is 1. The van der Waals surface area contributed by atoms with Crippen molar-refractivity contribution in [3.63, 3.8) is 0 Å². The Balaban J connectivity index is 2.15. The molecule has 0 aliphatic rings. The number of carboxylic acid groups (broad SMARTS) is 2. The molecule has 2 aromatic heterocycles. The van der Waals surface area contributed by atoms with Crippen LogP contribution in [0.4, 0.5) is 0 Å². The van der Waals surface area contributed by atoms with Gasteiger partial charge in [-0.25, -0.2) is 14.6 Å². The molecule has 0 fully saturated rings. The third-order valence-corrected chi connectivity index (χ3v) is 6.10. The van der Waals surface area contributed by atoms with Gasteiger partial charge in [-0.05, 0) is 35.6 Å². The zero-order chi connectivity index (χ0) is 22.4. The standard InChI is InChI=1S/C23H23ClN2O4S/c1-2-3-10-20-25-21(23(29)30)19(26(20)14-15-7-4-5-9-18(15)24)13-16(22(27)28)12-17-8-6-11-31-17/h4-9,11,13H,2-3,10,12,14H2,1H3,(H,27,28)(H,29,30)/b16-13+. The zero-order valence-corrected chi connectivity index (χ0v) is 18.6. The van der Waals surface area contributed by atoms with Crippen molar-refractivity contribution in [2.75, 3.05) is 0 Å². The van der Waals surface area contributed by atoms with Crippen molar-refractivity contribution in [3.05, 3.63) is 80.0 Å². The highest BCUT2D eigenvalue weighted by Gasteiger charge is 2.23. The summed E-state index contributed by atoms with van der Waals surface area (Å²) in [7, 11) is 0. The number of imidazole rings is 1. The summed E-state index contributed by atoms with van der Waals surface area (Å²) < 4.78 is 1.78.